The molecule has 0 aliphatic rings. The minimum Gasteiger partial charge on any atom is -0.365 e. The maximum absolute atomic E-state index is 12.2. The zero-order chi connectivity index (χ0) is 15.7. The average molecular weight is 343 g/mol. The molecule has 3 N–H and O–H groups in total. The Labute approximate surface area is 135 Å². The van der Waals surface area contributed by atoms with Crippen molar-refractivity contribution >= 4 is 51.4 Å². The molecule has 0 aliphatic heterocycles. The Morgan fingerprint density at radius 2 is 1.71 bits per heavy atom. The topological polar surface area (TPSA) is 72.2 Å². The first-order chi connectivity index (χ1) is 9.79. The van der Waals surface area contributed by atoms with Crippen LogP contribution >= 0.6 is 34.5 Å². The summed E-state index contributed by atoms with van der Waals surface area (Å²) >= 11 is 13.0. The molecule has 1 aromatic heterocycles. The molecule has 7 heteroatoms. The van der Waals surface area contributed by atoms with E-state index in [0.717, 1.165) is 10.4 Å². The number of nitrogens with two attached hydrogens (primary N) is 1. The number of rotatable bonds is 3. The minimum atomic E-state index is -0.573. The van der Waals surface area contributed by atoms with E-state index in [1.165, 1.54) is 29.5 Å². The highest BCUT2D eigenvalue weighted by Crippen LogP contribution is 2.32. The predicted molar refractivity (Wildman–Crippen MR) is 86.7 cm³/mol. The number of amides is 2. The third kappa shape index (κ3) is 3.37. The van der Waals surface area contributed by atoms with E-state index in [2.05, 4.69) is 5.32 Å². The molecular weight excluding hydrogens is 331 g/mol. The largest absolute Gasteiger partial charge is 0.365 e. The van der Waals surface area contributed by atoms with Gasteiger partial charge in [0.15, 0.2) is 0 Å². The molecule has 0 atom stereocenters. The molecule has 2 rings (SSSR count). The monoisotopic (exact) mass is 342 g/mol. The van der Waals surface area contributed by atoms with Gasteiger partial charge in [-0.25, -0.2) is 0 Å². The van der Waals surface area contributed by atoms with Crippen molar-refractivity contribution in [2.45, 2.75) is 13.8 Å². The fourth-order valence-corrected chi connectivity index (χ4v) is 3.46. The number of hydrogen-bond acceptors (Lipinski definition) is 3. The first kappa shape index (κ1) is 15.8. The van der Waals surface area contributed by atoms with Gasteiger partial charge in [0.1, 0.15) is 5.00 Å². The third-order valence-corrected chi connectivity index (χ3v) is 4.54. The molecule has 0 bridgehead atoms. The van der Waals surface area contributed by atoms with Gasteiger partial charge in [0.25, 0.3) is 11.8 Å². The molecule has 1 heterocycles. The van der Waals surface area contributed by atoms with Gasteiger partial charge in [0.05, 0.1) is 5.56 Å². The van der Waals surface area contributed by atoms with Crippen molar-refractivity contribution in [1.29, 1.82) is 0 Å². The zero-order valence-corrected chi connectivity index (χ0v) is 13.6. The summed E-state index contributed by atoms with van der Waals surface area (Å²) in [6, 6.07) is 4.54. The fourth-order valence-electron chi connectivity index (χ4n) is 1.87. The van der Waals surface area contributed by atoms with Gasteiger partial charge in [-0.15, -0.1) is 11.3 Å². The van der Waals surface area contributed by atoms with Crippen molar-refractivity contribution in [3.05, 3.63) is 49.8 Å². The number of anilines is 1. The number of nitrogens with one attached hydrogen (secondary N) is 1. The van der Waals surface area contributed by atoms with Gasteiger partial charge >= 0.3 is 0 Å². The Morgan fingerprint density at radius 1 is 1.14 bits per heavy atom. The highest BCUT2D eigenvalue weighted by Gasteiger charge is 2.19. The predicted octanol–water partition coefficient (Wildman–Crippen LogP) is 4.02. The van der Waals surface area contributed by atoms with E-state index < -0.39 is 11.8 Å². The van der Waals surface area contributed by atoms with Crippen molar-refractivity contribution < 1.29 is 9.59 Å². The van der Waals surface area contributed by atoms with Crippen LogP contribution in [0.5, 0.6) is 0 Å². The second-order valence-corrected chi connectivity index (χ2v) is 6.56. The van der Waals surface area contributed by atoms with Crippen LogP contribution < -0.4 is 11.1 Å². The maximum atomic E-state index is 12.2. The summed E-state index contributed by atoms with van der Waals surface area (Å²) in [5, 5.41) is 3.84. The standard InChI is InChI=1S/C14H12Cl2N2O2S/c1-6-7(2)21-14(11(6)12(17)19)18-13(20)8-3-9(15)5-10(16)4-8/h3-5H,1-2H3,(H2,17,19)(H,18,20). The summed E-state index contributed by atoms with van der Waals surface area (Å²) in [7, 11) is 0. The number of thiophene rings is 1. The zero-order valence-electron chi connectivity index (χ0n) is 11.3. The number of aryl methyl sites for hydroxylation is 1. The van der Waals surface area contributed by atoms with Crippen LogP contribution in [0.2, 0.25) is 10.0 Å². The lowest BCUT2D eigenvalue weighted by Gasteiger charge is -2.06. The number of carbonyl (C=O) groups is 2. The van der Waals surface area contributed by atoms with Crippen LogP contribution in [0.3, 0.4) is 0 Å². The summed E-state index contributed by atoms with van der Waals surface area (Å²) in [6.45, 7) is 3.65. The van der Waals surface area contributed by atoms with Crippen LogP contribution in [0.1, 0.15) is 31.2 Å². The molecule has 0 fully saturated rings. The molecule has 21 heavy (non-hydrogen) atoms. The lowest BCUT2D eigenvalue weighted by atomic mass is 10.1. The summed E-state index contributed by atoms with van der Waals surface area (Å²) in [6.07, 6.45) is 0. The number of benzene rings is 1. The highest BCUT2D eigenvalue weighted by atomic mass is 35.5. The molecule has 0 saturated carbocycles. The third-order valence-electron chi connectivity index (χ3n) is 2.98. The van der Waals surface area contributed by atoms with Gasteiger partial charge in [-0.1, -0.05) is 23.2 Å². The molecular formula is C14H12Cl2N2O2S. The van der Waals surface area contributed by atoms with Crippen LogP contribution in [0.25, 0.3) is 0 Å². The Balaban J connectivity index is 2.36. The van der Waals surface area contributed by atoms with E-state index in [0.29, 0.717) is 26.2 Å². The van der Waals surface area contributed by atoms with Crippen molar-refractivity contribution in [3.63, 3.8) is 0 Å². The Morgan fingerprint density at radius 3 is 2.24 bits per heavy atom. The van der Waals surface area contributed by atoms with Gasteiger partial charge < -0.3 is 11.1 Å². The average Bonchev–Trinajstić information content (AvgIpc) is 2.63. The van der Waals surface area contributed by atoms with E-state index in [4.69, 9.17) is 28.9 Å². The molecule has 2 amide bonds. The first-order valence-corrected chi connectivity index (χ1v) is 7.54. The maximum Gasteiger partial charge on any atom is 0.256 e. The molecule has 0 spiro atoms. The van der Waals surface area contributed by atoms with E-state index in [1.54, 1.807) is 6.92 Å². The molecule has 4 nitrogen and oxygen atoms in total. The summed E-state index contributed by atoms with van der Waals surface area (Å²) in [5.41, 5.74) is 6.78. The Hall–Kier alpha value is -1.56. The van der Waals surface area contributed by atoms with E-state index in [9.17, 15) is 9.59 Å². The summed E-state index contributed by atoms with van der Waals surface area (Å²) in [4.78, 5) is 24.7. The van der Waals surface area contributed by atoms with Gasteiger partial charge in [-0.05, 0) is 37.6 Å². The normalized spacial score (nSPS) is 10.5. The van der Waals surface area contributed by atoms with Crippen LogP contribution in [0, 0.1) is 13.8 Å². The van der Waals surface area contributed by atoms with E-state index in [1.807, 2.05) is 6.92 Å². The SMILES string of the molecule is Cc1sc(NC(=O)c2cc(Cl)cc(Cl)c2)c(C(N)=O)c1C. The quantitative estimate of drug-likeness (QED) is 0.883. The second kappa shape index (κ2) is 6.05. The van der Waals surface area contributed by atoms with Gasteiger partial charge in [0.2, 0.25) is 0 Å². The Bertz CT molecular complexity index is 721. The van der Waals surface area contributed by atoms with Crippen LogP contribution in [-0.4, -0.2) is 11.8 Å². The number of primary amides is 1. The lowest BCUT2D eigenvalue weighted by molar-refractivity contribution is 0.100. The first-order valence-electron chi connectivity index (χ1n) is 5.97. The Kier molecular flexibility index (Phi) is 4.56. The van der Waals surface area contributed by atoms with Crippen molar-refractivity contribution in [1.82, 2.24) is 0 Å². The minimum absolute atomic E-state index is 0.312. The van der Waals surface area contributed by atoms with E-state index in [-0.39, 0.29) is 0 Å². The van der Waals surface area contributed by atoms with Crippen molar-refractivity contribution in [3.8, 4) is 0 Å². The van der Waals surface area contributed by atoms with Gasteiger partial charge in [-0.2, -0.15) is 0 Å². The van der Waals surface area contributed by atoms with Crippen LogP contribution in [0.4, 0.5) is 5.00 Å². The van der Waals surface area contributed by atoms with E-state index >= 15 is 0 Å². The van der Waals surface area contributed by atoms with Crippen LogP contribution in [-0.2, 0) is 0 Å². The fraction of sp³-hybridized carbons (Fsp3) is 0.143. The molecule has 0 aliphatic carbocycles. The molecule has 0 saturated heterocycles. The second-order valence-electron chi connectivity index (χ2n) is 4.46. The smallest absolute Gasteiger partial charge is 0.256 e. The van der Waals surface area contributed by atoms with Gasteiger partial charge in [0, 0.05) is 20.5 Å². The summed E-state index contributed by atoms with van der Waals surface area (Å²) in [5.74, 6) is -0.973. The van der Waals surface area contributed by atoms with Crippen LogP contribution in [0.15, 0.2) is 18.2 Å². The lowest BCUT2D eigenvalue weighted by Crippen LogP contribution is -2.17. The van der Waals surface area contributed by atoms with Crippen molar-refractivity contribution in [2.75, 3.05) is 5.32 Å². The summed E-state index contributed by atoms with van der Waals surface area (Å²) < 4.78 is 0. The van der Waals surface area contributed by atoms with Crippen molar-refractivity contribution in [2.24, 2.45) is 5.73 Å². The highest BCUT2D eigenvalue weighted by molar-refractivity contribution is 7.16. The number of hydrogen-bond donors (Lipinski definition) is 2. The number of halogens is 2. The molecule has 110 valence electrons. The van der Waals surface area contributed by atoms with Gasteiger partial charge in [-0.3, -0.25) is 9.59 Å². The molecule has 1 aromatic carbocycles. The molecule has 0 radical (unpaired) electrons. The number of carbonyl (C=O) groups excluding carboxylic acids is 2. The molecule has 0 unspecified atom stereocenters. The molecule has 2 aromatic rings.